The second-order valence-corrected chi connectivity index (χ2v) is 8.06. The van der Waals surface area contributed by atoms with Gasteiger partial charge in [-0.05, 0) is 31.7 Å². The molecule has 3 aliphatic heterocycles. The number of aromatic amines is 1. The van der Waals surface area contributed by atoms with Gasteiger partial charge in [0.2, 0.25) is 0 Å². The second kappa shape index (κ2) is 7.38. The smallest absolute Gasteiger partial charge is 0.320 e. The molecule has 0 aliphatic carbocycles. The van der Waals surface area contributed by atoms with Gasteiger partial charge in [0, 0.05) is 53.0 Å². The fourth-order valence-electron chi connectivity index (χ4n) is 5.10. The molecule has 2 amide bonds. The van der Waals surface area contributed by atoms with E-state index in [0.717, 1.165) is 62.5 Å². The number of amidine groups is 1. The predicted molar refractivity (Wildman–Crippen MR) is 108 cm³/mol. The summed E-state index contributed by atoms with van der Waals surface area (Å²) in [7, 11) is 3.73. The lowest BCUT2D eigenvalue weighted by molar-refractivity contribution is 0.122. The molecule has 3 fully saturated rings. The summed E-state index contributed by atoms with van der Waals surface area (Å²) in [6.45, 7) is 3.79. The van der Waals surface area contributed by atoms with Crippen molar-refractivity contribution in [1.29, 1.82) is 5.26 Å². The van der Waals surface area contributed by atoms with E-state index < -0.39 is 0 Å². The molecule has 1 aromatic rings. The van der Waals surface area contributed by atoms with E-state index >= 15 is 0 Å². The maximum absolute atomic E-state index is 13.2. The maximum atomic E-state index is 13.2. The Labute approximate surface area is 166 Å². The zero-order valence-corrected chi connectivity index (χ0v) is 16.7. The van der Waals surface area contributed by atoms with Crippen molar-refractivity contribution in [3.8, 4) is 6.07 Å². The van der Waals surface area contributed by atoms with Crippen LogP contribution < -0.4 is 5.32 Å². The molecule has 4 heterocycles. The number of anilines is 1. The van der Waals surface area contributed by atoms with Crippen LogP contribution in [0.3, 0.4) is 0 Å². The summed E-state index contributed by atoms with van der Waals surface area (Å²) in [5.74, 6) is 1.91. The summed E-state index contributed by atoms with van der Waals surface area (Å²) in [6.07, 6.45) is 5.75. The molecule has 0 radical (unpaired) electrons. The Morgan fingerprint density at radius 3 is 2.93 bits per heavy atom. The first-order valence-electron chi connectivity index (χ1n) is 10.2. The summed E-state index contributed by atoms with van der Waals surface area (Å²) >= 11 is 0. The first-order valence-corrected chi connectivity index (χ1v) is 10.2. The molecule has 3 saturated heterocycles. The van der Waals surface area contributed by atoms with E-state index in [0.29, 0.717) is 13.1 Å². The molecule has 4 rings (SSSR count). The maximum Gasteiger partial charge on any atom is 0.320 e. The number of aliphatic imine (C=N–C) groups is 1. The molecular formula is C20H29N7O. The number of hydrogen-bond acceptors (Lipinski definition) is 4. The van der Waals surface area contributed by atoms with Crippen LogP contribution >= 0.6 is 0 Å². The summed E-state index contributed by atoms with van der Waals surface area (Å²) in [6, 6.07) is 4.47. The SMILES string of the molecule is CN=C(c1cc[nH]c1NC)N1CCC2(CCCN2C(=O)N2CCC(C#N)C2)C1. The molecule has 0 bridgehead atoms. The molecule has 1 aromatic heterocycles. The van der Waals surface area contributed by atoms with E-state index in [1.54, 1.807) is 0 Å². The van der Waals surface area contributed by atoms with Gasteiger partial charge in [0.1, 0.15) is 11.7 Å². The Hall–Kier alpha value is -2.69. The number of carbonyl (C=O) groups is 1. The Morgan fingerprint density at radius 1 is 1.36 bits per heavy atom. The van der Waals surface area contributed by atoms with Crippen LogP contribution in [0.5, 0.6) is 0 Å². The lowest BCUT2D eigenvalue weighted by Gasteiger charge is -2.37. The van der Waals surface area contributed by atoms with Gasteiger partial charge in [-0.25, -0.2) is 4.79 Å². The van der Waals surface area contributed by atoms with Crippen LogP contribution in [0.1, 0.15) is 31.2 Å². The lowest BCUT2D eigenvalue weighted by atomic mass is 9.95. The fraction of sp³-hybridized carbons (Fsp3) is 0.650. The Morgan fingerprint density at radius 2 is 2.21 bits per heavy atom. The monoisotopic (exact) mass is 383 g/mol. The molecule has 1 spiro atoms. The molecule has 8 heteroatoms. The van der Waals surface area contributed by atoms with Crippen molar-refractivity contribution in [2.24, 2.45) is 10.9 Å². The third kappa shape index (κ3) is 2.99. The van der Waals surface area contributed by atoms with E-state index in [1.807, 2.05) is 31.3 Å². The zero-order valence-electron chi connectivity index (χ0n) is 16.7. The van der Waals surface area contributed by atoms with Crippen LogP contribution in [-0.2, 0) is 0 Å². The molecule has 3 aliphatic rings. The van der Waals surface area contributed by atoms with Crippen LogP contribution in [0.2, 0.25) is 0 Å². The van der Waals surface area contributed by atoms with Crippen LogP contribution in [0.4, 0.5) is 10.6 Å². The molecule has 150 valence electrons. The average Bonchev–Trinajstić information content (AvgIpc) is 3.50. The Balaban J connectivity index is 1.51. The van der Waals surface area contributed by atoms with Gasteiger partial charge in [-0.1, -0.05) is 0 Å². The number of H-pyrrole nitrogens is 1. The first kappa shape index (κ1) is 18.7. The van der Waals surface area contributed by atoms with Gasteiger partial charge >= 0.3 is 6.03 Å². The van der Waals surface area contributed by atoms with Crippen molar-refractivity contribution in [3.05, 3.63) is 17.8 Å². The summed E-state index contributed by atoms with van der Waals surface area (Å²) in [4.78, 5) is 27.3. The predicted octanol–water partition coefficient (Wildman–Crippen LogP) is 1.94. The van der Waals surface area contributed by atoms with Crippen molar-refractivity contribution in [1.82, 2.24) is 19.7 Å². The largest absolute Gasteiger partial charge is 0.374 e. The van der Waals surface area contributed by atoms with Crippen molar-refractivity contribution in [3.63, 3.8) is 0 Å². The number of urea groups is 1. The van der Waals surface area contributed by atoms with Crippen molar-refractivity contribution < 1.29 is 4.79 Å². The molecule has 2 atom stereocenters. The zero-order chi connectivity index (χ0) is 19.7. The van der Waals surface area contributed by atoms with Gasteiger partial charge < -0.3 is 25.0 Å². The number of aromatic nitrogens is 1. The van der Waals surface area contributed by atoms with Crippen LogP contribution in [-0.4, -0.2) is 83.9 Å². The highest BCUT2D eigenvalue weighted by molar-refractivity contribution is 6.03. The first-order chi connectivity index (χ1) is 13.6. The minimum atomic E-state index is -0.117. The minimum Gasteiger partial charge on any atom is -0.374 e. The Bertz CT molecular complexity index is 810. The third-order valence-corrected chi connectivity index (χ3v) is 6.55. The second-order valence-electron chi connectivity index (χ2n) is 8.06. The van der Waals surface area contributed by atoms with Crippen LogP contribution in [0.15, 0.2) is 17.3 Å². The third-order valence-electron chi connectivity index (χ3n) is 6.55. The Kier molecular flexibility index (Phi) is 4.92. The molecule has 0 saturated carbocycles. The van der Waals surface area contributed by atoms with Gasteiger partial charge in [0.15, 0.2) is 0 Å². The number of hydrogen-bond donors (Lipinski definition) is 2. The molecule has 2 unspecified atom stereocenters. The lowest BCUT2D eigenvalue weighted by Crippen LogP contribution is -2.53. The van der Waals surface area contributed by atoms with Crippen molar-refractivity contribution in [2.75, 3.05) is 52.1 Å². The molecule has 8 nitrogen and oxygen atoms in total. The van der Waals surface area contributed by atoms with Gasteiger partial charge in [0.25, 0.3) is 0 Å². The van der Waals surface area contributed by atoms with Crippen molar-refractivity contribution >= 4 is 17.7 Å². The van der Waals surface area contributed by atoms with Gasteiger partial charge in [-0.3, -0.25) is 4.99 Å². The summed E-state index contributed by atoms with van der Waals surface area (Å²) in [5, 5.41) is 12.4. The number of nitriles is 1. The average molecular weight is 384 g/mol. The number of nitrogens with one attached hydrogen (secondary N) is 2. The summed E-state index contributed by atoms with van der Waals surface area (Å²) < 4.78 is 0. The number of amides is 2. The standard InChI is InChI=1S/C20H29N7O/c1-22-17-16(4-8-24-17)18(23-2)26-11-7-20(14-26)6-3-9-27(20)19(28)25-10-5-15(12-21)13-25/h4,8,15,22,24H,3,5-7,9-11,13-14H2,1-2H3. The fourth-order valence-corrected chi connectivity index (χ4v) is 5.10. The van der Waals surface area contributed by atoms with Gasteiger partial charge in [0.05, 0.1) is 23.1 Å². The van der Waals surface area contributed by atoms with E-state index in [2.05, 4.69) is 31.2 Å². The van der Waals surface area contributed by atoms with E-state index in [1.165, 1.54) is 0 Å². The van der Waals surface area contributed by atoms with Crippen LogP contribution in [0, 0.1) is 17.2 Å². The molecule has 28 heavy (non-hydrogen) atoms. The number of rotatable bonds is 2. The van der Waals surface area contributed by atoms with Crippen molar-refractivity contribution in [2.45, 2.75) is 31.2 Å². The molecule has 0 aromatic carbocycles. The van der Waals surface area contributed by atoms with Gasteiger partial charge in [-0.15, -0.1) is 0 Å². The quantitative estimate of drug-likeness (QED) is 0.603. The normalized spacial score (nSPS) is 27.7. The van der Waals surface area contributed by atoms with Gasteiger partial charge in [-0.2, -0.15) is 5.26 Å². The highest BCUT2D eigenvalue weighted by Crippen LogP contribution is 2.39. The van der Waals surface area contributed by atoms with E-state index in [-0.39, 0.29) is 17.5 Å². The molecule has 2 N–H and O–H groups in total. The highest BCUT2D eigenvalue weighted by Gasteiger charge is 2.50. The number of nitrogens with zero attached hydrogens (tertiary/aromatic N) is 5. The van der Waals surface area contributed by atoms with E-state index in [9.17, 15) is 4.79 Å². The van der Waals surface area contributed by atoms with Crippen LogP contribution in [0.25, 0.3) is 0 Å². The highest BCUT2D eigenvalue weighted by atomic mass is 16.2. The van der Waals surface area contributed by atoms with E-state index in [4.69, 9.17) is 5.26 Å². The number of likely N-dealkylation sites (tertiary alicyclic amines) is 3. The minimum absolute atomic E-state index is 0.0186. The summed E-state index contributed by atoms with van der Waals surface area (Å²) in [5.41, 5.74) is 0.947. The molecular weight excluding hydrogens is 354 g/mol. The topological polar surface area (TPSA) is 90.8 Å². The number of carbonyl (C=O) groups excluding carboxylic acids is 1.